The third-order valence-corrected chi connectivity index (χ3v) is 7.86. The second-order valence-electron chi connectivity index (χ2n) is 8.80. The van der Waals surface area contributed by atoms with E-state index in [0.717, 1.165) is 0 Å². The molecule has 1 unspecified atom stereocenters. The highest BCUT2D eigenvalue weighted by Crippen LogP contribution is 2.37. The Hall–Kier alpha value is -4.35. The summed E-state index contributed by atoms with van der Waals surface area (Å²) in [7, 11) is 1.38. The molecule has 12 heteroatoms. The molecule has 0 aliphatic rings. The van der Waals surface area contributed by atoms with Crippen molar-refractivity contribution in [1.82, 2.24) is 24.1 Å². The summed E-state index contributed by atoms with van der Waals surface area (Å²) >= 11 is 7.63. The third-order valence-electron chi connectivity index (χ3n) is 6.57. The molecule has 39 heavy (non-hydrogen) atoms. The van der Waals surface area contributed by atoms with Crippen LogP contribution in [0.15, 0.2) is 65.0 Å². The zero-order valence-electron chi connectivity index (χ0n) is 20.5. The van der Waals surface area contributed by atoms with Crippen molar-refractivity contribution < 1.29 is 13.5 Å². The lowest BCUT2D eigenvalue weighted by Gasteiger charge is -2.18. The summed E-state index contributed by atoms with van der Waals surface area (Å²) in [6.07, 6.45) is 1.31. The average Bonchev–Trinajstić information content (AvgIpc) is 3.50. The van der Waals surface area contributed by atoms with Gasteiger partial charge < -0.3 is 10.5 Å². The normalized spacial score (nSPS) is 12.3. The topological polar surface area (TPSA) is 100 Å². The van der Waals surface area contributed by atoms with E-state index >= 15 is 0 Å². The number of hydrogen-bond acceptors (Lipinski definition) is 7. The lowest BCUT2D eigenvalue weighted by Crippen LogP contribution is -2.20. The molecular weight excluding hydrogens is 546 g/mol. The SMILES string of the molecule is COc1ccc(-c2nn(C(C)c3cc4scc(Cl)n4c(=O)c3-c3cccc(F)c3)c3ncnc(N)c23)cc1F. The highest BCUT2D eigenvalue weighted by molar-refractivity contribution is 7.16. The summed E-state index contributed by atoms with van der Waals surface area (Å²) in [4.78, 5) is 22.9. The van der Waals surface area contributed by atoms with Crippen molar-refractivity contribution >= 4 is 44.6 Å². The Labute approximate surface area is 228 Å². The van der Waals surface area contributed by atoms with Crippen LogP contribution in [0.4, 0.5) is 14.6 Å². The van der Waals surface area contributed by atoms with Gasteiger partial charge in [0.25, 0.3) is 5.56 Å². The number of pyridine rings is 1. The minimum atomic E-state index is -0.588. The molecule has 0 fully saturated rings. The third kappa shape index (κ3) is 4.01. The van der Waals surface area contributed by atoms with Crippen LogP contribution >= 0.6 is 22.9 Å². The average molecular weight is 565 g/mol. The number of halogens is 3. The van der Waals surface area contributed by atoms with Crippen molar-refractivity contribution in [2.75, 3.05) is 12.8 Å². The van der Waals surface area contributed by atoms with Gasteiger partial charge >= 0.3 is 0 Å². The molecule has 196 valence electrons. The van der Waals surface area contributed by atoms with Crippen LogP contribution in [-0.2, 0) is 0 Å². The zero-order valence-corrected chi connectivity index (χ0v) is 22.1. The van der Waals surface area contributed by atoms with Gasteiger partial charge in [0.15, 0.2) is 17.2 Å². The van der Waals surface area contributed by atoms with E-state index in [-0.39, 0.29) is 22.3 Å². The van der Waals surface area contributed by atoms with Crippen molar-refractivity contribution in [2.24, 2.45) is 0 Å². The van der Waals surface area contributed by atoms with Crippen LogP contribution in [0.2, 0.25) is 5.15 Å². The smallest absolute Gasteiger partial charge is 0.265 e. The highest BCUT2D eigenvalue weighted by Gasteiger charge is 2.26. The van der Waals surface area contributed by atoms with E-state index in [2.05, 4.69) is 9.97 Å². The van der Waals surface area contributed by atoms with Crippen LogP contribution in [0.1, 0.15) is 18.5 Å². The Bertz CT molecular complexity index is 1970. The first-order valence-electron chi connectivity index (χ1n) is 11.7. The Morgan fingerprint density at radius 3 is 2.67 bits per heavy atom. The number of ether oxygens (including phenoxy) is 1. The molecule has 4 aromatic heterocycles. The van der Waals surface area contributed by atoms with Crippen LogP contribution in [0.3, 0.4) is 0 Å². The van der Waals surface area contributed by atoms with Crippen LogP contribution in [0.5, 0.6) is 5.75 Å². The molecule has 0 bridgehead atoms. The Morgan fingerprint density at radius 2 is 1.92 bits per heavy atom. The van der Waals surface area contributed by atoms with E-state index in [1.54, 1.807) is 22.2 Å². The van der Waals surface area contributed by atoms with Crippen LogP contribution in [0, 0.1) is 11.6 Å². The number of methoxy groups -OCH3 is 1. The van der Waals surface area contributed by atoms with E-state index in [4.69, 9.17) is 27.2 Å². The molecule has 4 heterocycles. The number of aromatic nitrogens is 5. The maximum atomic E-state index is 14.6. The minimum absolute atomic E-state index is 0.0863. The highest BCUT2D eigenvalue weighted by atomic mass is 35.5. The lowest BCUT2D eigenvalue weighted by molar-refractivity contribution is 0.386. The van der Waals surface area contributed by atoms with E-state index < -0.39 is 23.2 Å². The quantitative estimate of drug-likeness (QED) is 0.277. The standard InChI is InChI=1S/C27H19ClF2N6O2S/c1-13(17-10-21-35(20(28)11-39-21)27(37)22(17)14-4-3-5-16(29)8-14)36-26-23(25(31)32-12-33-26)24(34-36)15-6-7-19(38-2)18(30)9-15/h3-13H,1-2H3,(H2,31,32,33). The van der Waals surface area contributed by atoms with Crippen molar-refractivity contribution in [3.05, 3.63) is 92.9 Å². The lowest BCUT2D eigenvalue weighted by atomic mass is 9.97. The molecule has 0 saturated carbocycles. The number of hydrogen-bond donors (Lipinski definition) is 1. The fourth-order valence-electron chi connectivity index (χ4n) is 4.73. The maximum absolute atomic E-state index is 14.6. The summed E-state index contributed by atoms with van der Waals surface area (Å²) in [5, 5.41) is 7.13. The number of fused-ring (bicyclic) bond motifs is 2. The first kappa shape index (κ1) is 25.0. The molecule has 2 N–H and O–H groups in total. The molecule has 0 saturated heterocycles. The van der Waals surface area contributed by atoms with Gasteiger partial charge in [0.2, 0.25) is 0 Å². The predicted molar refractivity (Wildman–Crippen MR) is 147 cm³/mol. The van der Waals surface area contributed by atoms with Crippen LogP contribution in [-0.4, -0.2) is 31.3 Å². The number of anilines is 1. The van der Waals surface area contributed by atoms with Gasteiger partial charge in [0, 0.05) is 10.9 Å². The van der Waals surface area contributed by atoms with Crippen LogP contribution in [0.25, 0.3) is 38.2 Å². The van der Waals surface area contributed by atoms with Gasteiger partial charge in [-0.1, -0.05) is 23.7 Å². The zero-order chi connectivity index (χ0) is 27.4. The first-order chi connectivity index (χ1) is 18.8. The van der Waals surface area contributed by atoms with E-state index in [1.807, 2.05) is 13.0 Å². The van der Waals surface area contributed by atoms with E-state index in [9.17, 15) is 13.6 Å². The van der Waals surface area contributed by atoms with Crippen molar-refractivity contribution in [3.8, 4) is 28.1 Å². The van der Waals surface area contributed by atoms with Crippen LogP contribution < -0.4 is 16.0 Å². The molecule has 2 aromatic carbocycles. The largest absolute Gasteiger partial charge is 0.494 e. The molecule has 0 aliphatic heterocycles. The second kappa shape index (κ2) is 9.44. The van der Waals surface area contributed by atoms with Gasteiger partial charge in [-0.2, -0.15) is 5.10 Å². The Balaban J connectivity index is 1.63. The summed E-state index contributed by atoms with van der Waals surface area (Å²) < 4.78 is 37.0. The Morgan fingerprint density at radius 1 is 1.10 bits per heavy atom. The summed E-state index contributed by atoms with van der Waals surface area (Å²) in [6.45, 7) is 1.84. The molecular formula is C27H19ClF2N6O2S. The summed E-state index contributed by atoms with van der Waals surface area (Å²) in [5.41, 5.74) is 8.27. The molecule has 6 rings (SSSR count). The number of nitrogens with zero attached hydrogens (tertiary/aromatic N) is 5. The number of rotatable bonds is 5. The summed E-state index contributed by atoms with van der Waals surface area (Å²) in [6, 6.07) is 11.5. The fourth-order valence-corrected chi connectivity index (χ4v) is 5.89. The monoisotopic (exact) mass is 564 g/mol. The molecule has 0 amide bonds. The van der Waals surface area contributed by atoms with Gasteiger partial charge in [0.1, 0.15) is 33.6 Å². The first-order valence-corrected chi connectivity index (χ1v) is 13.0. The molecule has 6 aromatic rings. The number of nitrogens with two attached hydrogens (primary N) is 1. The fraction of sp³-hybridized carbons (Fsp3) is 0.111. The van der Waals surface area contributed by atoms with Crippen molar-refractivity contribution in [1.29, 1.82) is 0 Å². The molecule has 8 nitrogen and oxygen atoms in total. The Kier molecular flexibility index (Phi) is 6.04. The minimum Gasteiger partial charge on any atom is -0.494 e. The van der Waals surface area contributed by atoms with Gasteiger partial charge in [-0.25, -0.2) is 23.4 Å². The number of nitrogen functional groups attached to an aromatic ring is 1. The predicted octanol–water partition coefficient (Wildman–Crippen LogP) is 5.97. The maximum Gasteiger partial charge on any atom is 0.265 e. The molecule has 1 atom stereocenters. The van der Waals surface area contributed by atoms with Crippen molar-refractivity contribution in [3.63, 3.8) is 0 Å². The van der Waals surface area contributed by atoms with E-state index in [1.165, 1.54) is 59.5 Å². The molecule has 0 radical (unpaired) electrons. The van der Waals surface area contributed by atoms with Gasteiger partial charge in [-0.15, -0.1) is 11.3 Å². The van der Waals surface area contributed by atoms with Gasteiger partial charge in [-0.3, -0.25) is 9.20 Å². The van der Waals surface area contributed by atoms with Gasteiger partial charge in [0.05, 0.1) is 24.1 Å². The van der Waals surface area contributed by atoms with E-state index in [0.29, 0.717) is 38.2 Å². The van der Waals surface area contributed by atoms with Crippen molar-refractivity contribution in [2.45, 2.75) is 13.0 Å². The molecule has 0 spiro atoms. The molecule has 0 aliphatic carbocycles. The van der Waals surface area contributed by atoms with Gasteiger partial charge in [-0.05, 0) is 54.4 Å². The number of benzene rings is 2. The second-order valence-corrected chi connectivity index (χ2v) is 10.1. The summed E-state index contributed by atoms with van der Waals surface area (Å²) in [5.74, 6) is -0.803. The number of thiazole rings is 1.